The number of hydrogen-bond donors (Lipinski definition) is 0. The molecule has 2 aliphatic heterocycles. The highest BCUT2D eigenvalue weighted by atomic mass is 15.4. The Morgan fingerprint density at radius 2 is 2.31 bits per heavy atom. The smallest absolute Gasteiger partial charge is 0.111 e. The summed E-state index contributed by atoms with van der Waals surface area (Å²) in [6.45, 7) is 10.8. The van der Waals surface area contributed by atoms with Crippen LogP contribution in [0.25, 0.3) is 0 Å². The first-order valence-corrected chi connectivity index (χ1v) is 5.82. The number of rotatable bonds is 3. The van der Waals surface area contributed by atoms with Crippen molar-refractivity contribution in [3.63, 3.8) is 0 Å². The van der Waals surface area contributed by atoms with Crippen LogP contribution < -0.4 is 0 Å². The highest BCUT2D eigenvalue weighted by Crippen LogP contribution is 2.39. The zero-order valence-electron chi connectivity index (χ0n) is 8.89. The van der Waals surface area contributed by atoms with Gasteiger partial charge in [0, 0.05) is 19.3 Å². The summed E-state index contributed by atoms with van der Waals surface area (Å²) in [4.78, 5) is 0. The highest BCUT2D eigenvalue weighted by Gasteiger charge is 2.46. The van der Waals surface area contributed by atoms with Crippen LogP contribution in [-0.2, 0) is 0 Å². The standard InChI is InChI=1S/C12H22N/c1-3-4-8-13-9-5-6-12(13)11(2)7-10-13/h12H,2-10H2,1H3/q+1/t12-,13?/m1/s1. The van der Waals surface area contributed by atoms with Crippen LogP contribution in [-0.4, -0.2) is 30.2 Å². The van der Waals surface area contributed by atoms with Crippen molar-refractivity contribution in [3.8, 4) is 0 Å². The number of hydrogen-bond acceptors (Lipinski definition) is 0. The molecule has 2 rings (SSSR count). The van der Waals surface area contributed by atoms with Crippen LogP contribution in [0.4, 0.5) is 0 Å². The zero-order valence-corrected chi connectivity index (χ0v) is 8.89. The third kappa shape index (κ3) is 1.43. The fraction of sp³-hybridized carbons (Fsp3) is 0.833. The normalized spacial score (nSPS) is 38.2. The molecule has 1 nitrogen and oxygen atoms in total. The van der Waals surface area contributed by atoms with E-state index in [2.05, 4.69) is 13.5 Å². The first-order chi connectivity index (χ1) is 6.28. The largest absolute Gasteiger partial charge is 0.317 e. The zero-order chi connectivity index (χ0) is 9.31. The van der Waals surface area contributed by atoms with Gasteiger partial charge in [-0.1, -0.05) is 19.9 Å². The van der Waals surface area contributed by atoms with Crippen LogP contribution in [0.15, 0.2) is 12.2 Å². The third-order valence-corrected chi connectivity index (χ3v) is 4.05. The maximum absolute atomic E-state index is 4.23. The Hall–Kier alpha value is -0.300. The summed E-state index contributed by atoms with van der Waals surface area (Å²) in [5, 5.41) is 0. The number of fused-ring (bicyclic) bond motifs is 1. The Morgan fingerprint density at radius 1 is 1.46 bits per heavy atom. The van der Waals surface area contributed by atoms with Crippen molar-refractivity contribution in [2.24, 2.45) is 0 Å². The SMILES string of the molecule is C=C1CC[N+]2(CCCC)CCC[C@H]12. The molecule has 0 bridgehead atoms. The number of unbranched alkanes of at least 4 members (excludes halogenated alkanes) is 1. The molecule has 0 aromatic carbocycles. The van der Waals surface area contributed by atoms with Gasteiger partial charge in [0.2, 0.25) is 0 Å². The van der Waals surface area contributed by atoms with Crippen molar-refractivity contribution < 1.29 is 4.48 Å². The van der Waals surface area contributed by atoms with E-state index in [0.717, 1.165) is 6.04 Å². The lowest BCUT2D eigenvalue weighted by atomic mass is 10.1. The summed E-state index contributed by atoms with van der Waals surface area (Å²) < 4.78 is 1.41. The predicted molar refractivity (Wildman–Crippen MR) is 56.5 cm³/mol. The predicted octanol–water partition coefficient (Wildman–Crippen LogP) is 2.73. The van der Waals surface area contributed by atoms with Crippen molar-refractivity contribution in [1.82, 2.24) is 0 Å². The molecule has 0 N–H and O–H groups in total. The molecule has 0 amide bonds. The van der Waals surface area contributed by atoms with E-state index < -0.39 is 0 Å². The van der Waals surface area contributed by atoms with Gasteiger partial charge in [-0.25, -0.2) is 0 Å². The van der Waals surface area contributed by atoms with Crippen molar-refractivity contribution >= 4 is 0 Å². The first-order valence-electron chi connectivity index (χ1n) is 5.82. The van der Waals surface area contributed by atoms with Gasteiger partial charge >= 0.3 is 0 Å². The van der Waals surface area contributed by atoms with E-state index in [1.54, 1.807) is 5.57 Å². The molecule has 2 aliphatic rings. The fourth-order valence-corrected chi connectivity index (χ4v) is 3.27. The van der Waals surface area contributed by atoms with E-state index in [-0.39, 0.29) is 0 Å². The van der Waals surface area contributed by atoms with E-state index in [0.29, 0.717) is 0 Å². The molecule has 1 unspecified atom stereocenters. The Kier molecular flexibility index (Phi) is 2.46. The van der Waals surface area contributed by atoms with Crippen LogP contribution in [0.3, 0.4) is 0 Å². The quantitative estimate of drug-likeness (QED) is 0.463. The second-order valence-electron chi connectivity index (χ2n) is 4.81. The van der Waals surface area contributed by atoms with Crippen LogP contribution in [0.2, 0.25) is 0 Å². The summed E-state index contributed by atoms with van der Waals surface area (Å²) >= 11 is 0. The van der Waals surface area contributed by atoms with Crippen LogP contribution in [0, 0.1) is 0 Å². The van der Waals surface area contributed by atoms with Gasteiger partial charge in [-0.05, 0) is 12.0 Å². The molecule has 2 atom stereocenters. The summed E-state index contributed by atoms with van der Waals surface area (Å²) in [5.41, 5.74) is 1.55. The van der Waals surface area contributed by atoms with Crippen LogP contribution in [0.5, 0.6) is 0 Å². The molecule has 0 saturated carbocycles. The topological polar surface area (TPSA) is 0 Å². The van der Waals surface area contributed by atoms with Crippen molar-refractivity contribution in [2.75, 3.05) is 19.6 Å². The lowest BCUT2D eigenvalue weighted by Crippen LogP contribution is -2.48. The van der Waals surface area contributed by atoms with Gasteiger partial charge in [0.1, 0.15) is 6.04 Å². The minimum Gasteiger partial charge on any atom is -0.317 e. The molecule has 0 spiro atoms. The molecule has 2 fully saturated rings. The summed E-state index contributed by atoms with van der Waals surface area (Å²) in [7, 11) is 0. The highest BCUT2D eigenvalue weighted by molar-refractivity contribution is 5.08. The van der Waals surface area contributed by atoms with Gasteiger partial charge < -0.3 is 4.48 Å². The van der Waals surface area contributed by atoms with Gasteiger partial charge in [-0.15, -0.1) is 0 Å². The minimum atomic E-state index is 0.853. The molecule has 74 valence electrons. The minimum absolute atomic E-state index is 0.853. The molecular weight excluding hydrogens is 158 g/mol. The monoisotopic (exact) mass is 180 g/mol. The Bertz CT molecular complexity index is 209. The summed E-state index contributed by atoms with van der Waals surface area (Å²) in [6, 6.07) is 0.853. The lowest BCUT2D eigenvalue weighted by molar-refractivity contribution is -0.924. The molecule has 0 aromatic heterocycles. The molecule has 13 heavy (non-hydrogen) atoms. The van der Waals surface area contributed by atoms with E-state index in [1.807, 2.05) is 0 Å². The molecule has 0 aliphatic carbocycles. The first kappa shape index (κ1) is 9.26. The van der Waals surface area contributed by atoms with E-state index >= 15 is 0 Å². The van der Waals surface area contributed by atoms with Gasteiger partial charge in [0.15, 0.2) is 0 Å². The molecule has 2 saturated heterocycles. The van der Waals surface area contributed by atoms with Gasteiger partial charge in [0.25, 0.3) is 0 Å². The Labute approximate surface area is 82.0 Å². The maximum atomic E-state index is 4.23. The molecule has 0 aromatic rings. The summed E-state index contributed by atoms with van der Waals surface area (Å²) in [5.74, 6) is 0. The average molecular weight is 180 g/mol. The number of quaternary nitrogens is 1. The Balaban J connectivity index is 2.06. The molecular formula is C12H22N+. The fourth-order valence-electron chi connectivity index (χ4n) is 3.27. The number of nitrogens with zero attached hydrogens (tertiary/aromatic N) is 1. The average Bonchev–Trinajstić information content (AvgIpc) is 2.65. The van der Waals surface area contributed by atoms with Crippen molar-refractivity contribution in [1.29, 1.82) is 0 Å². The second kappa shape index (κ2) is 3.45. The molecule has 1 heteroatoms. The van der Waals surface area contributed by atoms with Crippen molar-refractivity contribution in [2.45, 2.75) is 45.1 Å². The van der Waals surface area contributed by atoms with Crippen molar-refractivity contribution in [3.05, 3.63) is 12.2 Å². The summed E-state index contributed by atoms with van der Waals surface area (Å²) in [6.07, 6.45) is 6.91. The van der Waals surface area contributed by atoms with Gasteiger partial charge in [-0.2, -0.15) is 0 Å². The van der Waals surface area contributed by atoms with Gasteiger partial charge in [-0.3, -0.25) is 0 Å². The molecule has 0 radical (unpaired) electrons. The maximum Gasteiger partial charge on any atom is 0.111 e. The van der Waals surface area contributed by atoms with E-state index in [9.17, 15) is 0 Å². The van der Waals surface area contributed by atoms with Crippen LogP contribution >= 0.6 is 0 Å². The lowest BCUT2D eigenvalue weighted by Gasteiger charge is -2.34. The van der Waals surface area contributed by atoms with Crippen LogP contribution in [0.1, 0.15) is 39.0 Å². The van der Waals surface area contributed by atoms with Gasteiger partial charge in [0.05, 0.1) is 19.6 Å². The molecule has 2 heterocycles. The Morgan fingerprint density at radius 3 is 3.08 bits per heavy atom. The second-order valence-corrected chi connectivity index (χ2v) is 4.81. The van der Waals surface area contributed by atoms with E-state index in [1.165, 1.54) is 56.2 Å². The third-order valence-electron chi connectivity index (χ3n) is 4.05. The van der Waals surface area contributed by atoms with E-state index in [4.69, 9.17) is 0 Å².